The Kier molecular flexibility index (Phi) is 6.47. The number of hydrogen-bond donors (Lipinski definition) is 2. The Labute approximate surface area is 219 Å². The fourth-order valence-corrected chi connectivity index (χ4v) is 6.36. The van der Waals surface area contributed by atoms with Crippen molar-refractivity contribution < 1.29 is 22.8 Å². The highest BCUT2D eigenvalue weighted by Crippen LogP contribution is 2.51. The molecule has 3 aromatic carbocycles. The van der Waals surface area contributed by atoms with E-state index in [4.69, 9.17) is 21.1 Å². The highest BCUT2D eigenvalue weighted by molar-refractivity contribution is 7.92. The summed E-state index contributed by atoms with van der Waals surface area (Å²) in [5.41, 5.74) is 2.45. The predicted octanol–water partition coefficient (Wildman–Crippen LogP) is 5.89. The van der Waals surface area contributed by atoms with Gasteiger partial charge in [0.25, 0.3) is 15.7 Å². The number of benzene rings is 3. The lowest BCUT2D eigenvalue weighted by atomic mass is 9.77. The number of nitrogens with one attached hydrogen (secondary N) is 2. The van der Waals surface area contributed by atoms with Gasteiger partial charge in [-0.25, -0.2) is 8.42 Å². The van der Waals surface area contributed by atoms with Gasteiger partial charge < -0.3 is 14.8 Å². The summed E-state index contributed by atoms with van der Waals surface area (Å²) in [5.74, 6) is 0.770. The molecule has 2 aliphatic rings. The van der Waals surface area contributed by atoms with Crippen LogP contribution in [0.1, 0.15) is 29.5 Å². The predicted molar refractivity (Wildman–Crippen MR) is 141 cm³/mol. The normalized spacial score (nSPS) is 19.9. The summed E-state index contributed by atoms with van der Waals surface area (Å²) in [7, 11) is -0.999. The van der Waals surface area contributed by atoms with Gasteiger partial charge in [0.15, 0.2) is 0 Å². The van der Waals surface area contributed by atoms with Crippen molar-refractivity contribution in [2.75, 3.05) is 24.3 Å². The topological polar surface area (TPSA) is 120 Å². The highest BCUT2D eigenvalue weighted by atomic mass is 35.5. The smallest absolute Gasteiger partial charge is 0.269 e. The maximum absolute atomic E-state index is 13.4. The first kappa shape index (κ1) is 24.9. The molecule has 0 unspecified atom stereocenters. The summed E-state index contributed by atoms with van der Waals surface area (Å²) in [6.07, 6.45) is 4.82. The molecule has 1 aliphatic heterocycles. The first-order valence-corrected chi connectivity index (χ1v) is 13.3. The standard InChI is InChI=1S/C26H24ClN3O6S/c1-35-16-7-11-25(36-2)24(13-16)29-37(33,34)17-8-10-23-20(14-17)18-4-3-5-19(18)26(28-23)21-12-15(30(31)32)6-9-22(21)27/h3-4,6-14,18-19,26,28-29H,5H2,1-2H3/t18-,19+,26-/m0/s1. The van der Waals surface area contributed by atoms with Crippen molar-refractivity contribution in [3.63, 3.8) is 0 Å². The monoisotopic (exact) mass is 541 g/mol. The number of allylic oxidation sites excluding steroid dienone is 2. The van der Waals surface area contributed by atoms with Crippen molar-refractivity contribution in [2.45, 2.75) is 23.3 Å². The van der Waals surface area contributed by atoms with Crippen LogP contribution in [0, 0.1) is 16.0 Å². The number of non-ortho nitro benzene ring substituents is 1. The molecule has 5 rings (SSSR count). The molecule has 0 bridgehead atoms. The number of hydrogen-bond acceptors (Lipinski definition) is 7. The molecular formula is C26H24ClN3O6S. The van der Waals surface area contributed by atoms with Crippen LogP contribution in [0.4, 0.5) is 17.1 Å². The molecule has 37 heavy (non-hydrogen) atoms. The van der Waals surface area contributed by atoms with Crippen LogP contribution < -0.4 is 19.5 Å². The molecule has 3 aromatic rings. The summed E-state index contributed by atoms with van der Waals surface area (Å²) in [5, 5.41) is 15.3. The third-order valence-electron chi connectivity index (χ3n) is 6.82. The van der Waals surface area contributed by atoms with Crippen LogP contribution in [0.3, 0.4) is 0 Å². The second-order valence-corrected chi connectivity index (χ2v) is 10.9. The molecule has 192 valence electrons. The lowest BCUT2D eigenvalue weighted by Crippen LogP contribution is -2.29. The molecule has 0 saturated heterocycles. The minimum atomic E-state index is -3.95. The lowest BCUT2D eigenvalue weighted by Gasteiger charge is -2.38. The van der Waals surface area contributed by atoms with Gasteiger partial charge in [0.1, 0.15) is 11.5 Å². The van der Waals surface area contributed by atoms with Gasteiger partial charge in [-0.1, -0.05) is 23.8 Å². The van der Waals surface area contributed by atoms with Crippen LogP contribution in [0.2, 0.25) is 5.02 Å². The van der Waals surface area contributed by atoms with Gasteiger partial charge in [0.2, 0.25) is 0 Å². The second kappa shape index (κ2) is 9.60. The van der Waals surface area contributed by atoms with E-state index in [1.165, 1.54) is 38.5 Å². The largest absolute Gasteiger partial charge is 0.497 e. The summed E-state index contributed by atoms with van der Waals surface area (Å²) >= 11 is 6.47. The fourth-order valence-electron chi connectivity index (χ4n) is 5.03. The van der Waals surface area contributed by atoms with Gasteiger partial charge in [-0.15, -0.1) is 0 Å². The first-order valence-electron chi connectivity index (χ1n) is 11.5. The average Bonchev–Trinajstić information content (AvgIpc) is 3.38. The van der Waals surface area contributed by atoms with Gasteiger partial charge >= 0.3 is 0 Å². The van der Waals surface area contributed by atoms with Crippen LogP contribution in [0.25, 0.3) is 0 Å². The zero-order chi connectivity index (χ0) is 26.3. The van der Waals surface area contributed by atoms with Crippen molar-refractivity contribution in [2.24, 2.45) is 5.92 Å². The van der Waals surface area contributed by atoms with Crippen LogP contribution in [0.15, 0.2) is 71.6 Å². The minimum absolute atomic E-state index is 0.0106. The quantitative estimate of drug-likeness (QED) is 0.217. The van der Waals surface area contributed by atoms with Crippen molar-refractivity contribution in [3.05, 3.63) is 93.0 Å². The van der Waals surface area contributed by atoms with Gasteiger partial charge in [-0.3, -0.25) is 14.8 Å². The van der Waals surface area contributed by atoms with Crippen molar-refractivity contribution in [1.82, 2.24) is 0 Å². The Bertz CT molecular complexity index is 1520. The van der Waals surface area contributed by atoms with E-state index in [1.807, 2.05) is 6.08 Å². The SMILES string of the molecule is COc1ccc(OC)c(NS(=O)(=O)c2ccc3c(c2)[C@H]2C=CC[C@H]2[C@@H](c2cc([N+](=O)[O-])ccc2Cl)N3)c1. The number of fused-ring (bicyclic) bond motifs is 3. The molecule has 0 spiro atoms. The Hall–Kier alpha value is -3.76. The number of rotatable bonds is 7. The third-order valence-corrected chi connectivity index (χ3v) is 8.53. The zero-order valence-electron chi connectivity index (χ0n) is 20.0. The maximum atomic E-state index is 13.4. The molecule has 1 heterocycles. The number of methoxy groups -OCH3 is 2. The second-order valence-electron chi connectivity index (χ2n) is 8.86. The number of nitrogens with zero attached hydrogens (tertiary/aromatic N) is 1. The molecule has 9 nitrogen and oxygen atoms in total. The van der Waals surface area contributed by atoms with Gasteiger partial charge in [0, 0.05) is 40.4 Å². The van der Waals surface area contributed by atoms with Gasteiger partial charge in [0.05, 0.1) is 35.8 Å². The molecule has 0 radical (unpaired) electrons. The van der Waals surface area contributed by atoms with Crippen LogP contribution in [0.5, 0.6) is 11.5 Å². The van der Waals surface area contributed by atoms with E-state index in [9.17, 15) is 18.5 Å². The molecule has 0 saturated carbocycles. The van der Waals surface area contributed by atoms with E-state index in [2.05, 4.69) is 16.1 Å². The lowest BCUT2D eigenvalue weighted by molar-refractivity contribution is -0.384. The highest BCUT2D eigenvalue weighted by Gasteiger charge is 2.39. The summed E-state index contributed by atoms with van der Waals surface area (Å²) in [6, 6.07) is 13.9. The fraction of sp³-hybridized carbons (Fsp3) is 0.231. The third kappa shape index (κ3) is 4.58. The summed E-state index contributed by atoms with van der Waals surface area (Å²) < 4.78 is 39.8. The number of nitro groups is 1. The minimum Gasteiger partial charge on any atom is -0.497 e. The number of halogens is 1. The first-order chi connectivity index (χ1) is 17.7. The molecule has 11 heteroatoms. The van der Waals surface area contributed by atoms with Crippen LogP contribution in [-0.4, -0.2) is 27.6 Å². The molecule has 1 aliphatic carbocycles. The van der Waals surface area contributed by atoms with Crippen LogP contribution in [-0.2, 0) is 10.0 Å². The van der Waals surface area contributed by atoms with E-state index in [1.54, 1.807) is 30.3 Å². The van der Waals surface area contributed by atoms with Crippen molar-refractivity contribution in [3.8, 4) is 11.5 Å². The van der Waals surface area contributed by atoms with Crippen molar-refractivity contribution in [1.29, 1.82) is 0 Å². The summed E-state index contributed by atoms with van der Waals surface area (Å²) in [6.45, 7) is 0. The van der Waals surface area contributed by atoms with E-state index in [-0.39, 0.29) is 34.1 Å². The molecule has 3 atom stereocenters. The number of anilines is 2. The van der Waals surface area contributed by atoms with E-state index < -0.39 is 14.9 Å². The number of ether oxygens (including phenoxy) is 2. The average molecular weight is 542 g/mol. The zero-order valence-corrected chi connectivity index (χ0v) is 21.5. The Balaban J connectivity index is 1.50. The Morgan fingerprint density at radius 2 is 1.86 bits per heavy atom. The number of sulfonamides is 1. The van der Waals surface area contributed by atoms with E-state index in [0.29, 0.717) is 22.1 Å². The van der Waals surface area contributed by atoms with Gasteiger partial charge in [-0.2, -0.15) is 0 Å². The van der Waals surface area contributed by atoms with E-state index >= 15 is 0 Å². The van der Waals surface area contributed by atoms with Gasteiger partial charge in [-0.05, 0) is 54.3 Å². The Morgan fingerprint density at radius 3 is 2.59 bits per heavy atom. The Morgan fingerprint density at radius 1 is 1.05 bits per heavy atom. The van der Waals surface area contributed by atoms with Crippen molar-refractivity contribution >= 4 is 38.7 Å². The molecule has 0 aromatic heterocycles. The molecule has 0 amide bonds. The summed E-state index contributed by atoms with van der Waals surface area (Å²) in [4.78, 5) is 11.0. The van der Waals surface area contributed by atoms with Crippen LogP contribution >= 0.6 is 11.6 Å². The molecule has 0 fully saturated rings. The van der Waals surface area contributed by atoms with E-state index in [0.717, 1.165) is 17.7 Å². The number of nitro benzene ring substituents is 1. The maximum Gasteiger partial charge on any atom is 0.269 e. The molecule has 2 N–H and O–H groups in total. The molecular weight excluding hydrogens is 518 g/mol.